The molecule has 5 nitrogen and oxygen atoms in total. The number of hydrogen-bond donors (Lipinski definition) is 2. The first-order valence-corrected chi connectivity index (χ1v) is 9.14. The Morgan fingerprint density at radius 2 is 1.73 bits per heavy atom. The molecule has 0 spiro atoms. The largest absolute Gasteiger partial charge is 0.489 e. The van der Waals surface area contributed by atoms with E-state index in [4.69, 9.17) is 9.47 Å². The second kappa shape index (κ2) is 8.83. The summed E-state index contributed by atoms with van der Waals surface area (Å²) in [5.41, 5.74) is 1.91. The zero-order valence-electron chi connectivity index (χ0n) is 15.4. The zero-order valence-corrected chi connectivity index (χ0v) is 15.4. The van der Waals surface area contributed by atoms with Gasteiger partial charge in [0.2, 0.25) is 0 Å². The number of anilines is 1. The molecule has 5 heteroatoms. The maximum absolute atomic E-state index is 12.3. The smallest absolute Gasteiger partial charge is 0.279 e. The number of ether oxygens (including phenoxy) is 2. The molecule has 2 aromatic rings. The van der Waals surface area contributed by atoms with Crippen LogP contribution in [0.1, 0.15) is 19.4 Å². The van der Waals surface area contributed by atoms with Gasteiger partial charge in [0.25, 0.3) is 5.91 Å². The fourth-order valence-electron chi connectivity index (χ4n) is 3.34. The number of nitrogens with one attached hydrogen (secondary N) is 2. The number of benzene rings is 2. The fourth-order valence-corrected chi connectivity index (χ4v) is 3.34. The van der Waals surface area contributed by atoms with E-state index in [1.165, 1.54) is 4.90 Å². The number of hydrogen-bond acceptors (Lipinski definition) is 3. The molecule has 3 atom stereocenters. The molecule has 26 heavy (non-hydrogen) atoms. The van der Waals surface area contributed by atoms with Gasteiger partial charge in [-0.2, -0.15) is 0 Å². The lowest BCUT2D eigenvalue weighted by Crippen LogP contribution is -3.16. The molecule has 2 N–H and O–H groups in total. The van der Waals surface area contributed by atoms with Crippen LogP contribution in [0.15, 0.2) is 54.6 Å². The molecule has 3 rings (SSSR count). The van der Waals surface area contributed by atoms with Crippen LogP contribution < -0.4 is 15.0 Å². The molecule has 0 aliphatic carbocycles. The third kappa shape index (κ3) is 5.58. The van der Waals surface area contributed by atoms with E-state index in [2.05, 4.69) is 19.2 Å². The Morgan fingerprint density at radius 1 is 1.08 bits per heavy atom. The molecule has 138 valence electrons. The van der Waals surface area contributed by atoms with Gasteiger partial charge < -0.3 is 19.7 Å². The van der Waals surface area contributed by atoms with Crippen LogP contribution in [0, 0.1) is 0 Å². The van der Waals surface area contributed by atoms with Gasteiger partial charge in [0.15, 0.2) is 6.54 Å². The first-order chi connectivity index (χ1) is 12.6. The van der Waals surface area contributed by atoms with E-state index in [-0.39, 0.29) is 18.1 Å². The van der Waals surface area contributed by atoms with Crippen molar-refractivity contribution in [2.75, 3.05) is 25.0 Å². The first-order valence-electron chi connectivity index (χ1n) is 9.14. The highest BCUT2D eigenvalue weighted by atomic mass is 16.5. The summed E-state index contributed by atoms with van der Waals surface area (Å²) in [6.07, 6.45) is 0.394. The third-order valence-electron chi connectivity index (χ3n) is 4.41. The van der Waals surface area contributed by atoms with Crippen molar-refractivity contribution >= 4 is 11.6 Å². The fraction of sp³-hybridized carbons (Fsp3) is 0.381. The monoisotopic (exact) mass is 355 g/mol. The lowest BCUT2D eigenvalue weighted by molar-refractivity contribution is -0.907. The highest BCUT2D eigenvalue weighted by molar-refractivity contribution is 5.91. The highest BCUT2D eigenvalue weighted by Crippen LogP contribution is 2.17. The molecule has 1 fully saturated rings. The van der Waals surface area contributed by atoms with Crippen LogP contribution in [0.3, 0.4) is 0 Å². The predicted molar refractivity (Wildman–Crippen MR) is 101 cm³/mol. The van der Waals surface area contributed by atoms with Crippen LogP contribution in [-0.4, -0.2) is 37.7 Å². The summed E-state index contributed by atoms with van der Waals surface area (Å²) in [4.78, 5) is 13.5. The molecule has 1 aliphatic rings. The number of quaternary nitrogens is 1. The van der Waals surface area contributed by atoms with Gasteiger partial charge in [0.1, 0.15) is 37.7 Å². The Morgan fingerprint density at radius 3 is 2.38 bits per heavy atom. The molecule has 1 saturated heterocycles. The van der Waals surface area contributed by atoms with Crippen LogP contribution in [0.25, 0.3) is 0 Å². The Hall–Kier alpha value is -2.37. The number of carbonyl (C=O) groups excluding carboxylic acids is 1. The zero-order chi connectivity index (χ0) is 18.4. The first kappa shape index (κ1) is 18.4. The quantitative estimate of drug-likeness (QED) is 0.832. The van der Waals surface area contributed by atoms with Crippen LogP contribution in [-0.2, 0) is 16.1 Å². The molecule has 1 unspecified atom stereocenters. The molecule has 0 aromatic heterocycles. The molecule has 1 heterocycles. The third-order valence-corrected chi connectivity index (χ3v) is 4.41. The minimum Gasteiger partial charge on any atom is -0.489 e. The Kier molecular flexibility index (Phi) is 6.26. The number of amides is 1. The van der Waals surface area contributed by atoms with E-state index >= 15 is 0 Å². The van der Waals surface area contributed by atoms with Gasteiger partial charge in [0.05, 0.1) is 0 Å². The summed E-state index contributed by atoms with van der Waals surface area (Å²) < 4.78 is 11.5. The molecule has 2 aromatic carbocycles. The maximum atomic E-state index is 12.3. The summed E-state index contributed by atoms with van der Waals surface area (Å²) in [6, 6.07) is 17.5. The van der Waals surface area contributed by atoms with Crippen LogP contribution in [0.2, 0.25) is 0 Å². The van der Waals surface area contributed by atoms with Crippen molar-refractivity contribution in [1.29, 1.82) is 0 Å². The van der Waals surface area contributed by atoms with E-state index in [0.717, 1.165) is 30.1 Å². The van der Waals surface area contributed by atoms with E-state index in [0.29, 0.717) is 13.2 Å². The topological polar surface area (TPSA) is 52.0 Å². The van der Waals surface area contributed by atoms with E-state index < -0.39 is 0 Å². The minimum absolute atomic E-state index is 0.0271. The standard InChI is InChI=1S/C21H26N2O3/c1-16-12-23(13-17(2)26-16)14-21(24)22-19-8-10-20(11-9-19)25-15-18-6-4-3-5-7-18/h3-11,16-17H,12-15H2,1-2H3,(H,22,24)/p+1/t16-,17+. The highest BCUT2D eigenvalue weighted by Gasteiger charge is 2.27. The van der Waals surface area contributed by atoms with Gasteiger partial charge in [-0.1, -0.05) is 30.3 Å². The van der Waals surface area contributed by atoms with Crippen LogP contribution in [0.4, 0.5) is 5.69 Å². The van der Waals surface area contributed by atoms with E-state index in [1.807, 2.05) is 54.6 Å². The van der Waals surface area contributed by atoms with Crippen molar-refractivity contribution in [2.45, 2.75) is 32.7 Å². The average Bonchev–Trinajstić information content (AvgIpc) is 2.61. The second-order valence-electron chi connectivity index (χ2n) is 6.94. The number of rotatable bonds is 6. The summed E-state index contributed by atoms with van der Waals surface area (Å²) in [5, 5.41) is 2.96. The van der Waals surface area contributed by atoms with Gasteiger partial charge in [-0.25, -0.2) is 0 Å². The minimum atomic E-state index is 0.0271. The van der Waals surface area contributed by atoms with Gasteiger partial charge in [-0.3, -0.25) is 4.79 Å². The van der Waals surface area contributed by atoms with Crippen LogP contribution >= 0.6 is 0 Å². The molecular formula is C21H27N2O3+. The summed E-state index contributed by atoms with van der Waals surface area (Å²) in [5.74, 6) is 0.813. The predicted octanol–water partition coefficient (Wildman–Crippen LogP) is 1.90. The lowest BCUT2D eigenvalue weighted by atomic mass is 10.2. The molecule has 1 aliphatic heterocycles. The molecule has 0 radical (unpaired) electrons. The van der Waals surface area contributed by atoms with Crippen molar-refractivity contribution in [1.82, 2.24) is 0 Å². The van der Waals surface area contributed by atoms with Gasteiger partial charge in [-0.15, -0.1) is 0 Å². The molecule has 0 saturated carbocycles. The number of carbonyl (C=O) groups is 1. The lowest BCUT2D eigenvalue weighted by Gasteiger charge is -2.31. The molecular weight excluding hydrogens is 328 g/mol. The molecule has 0 bridgehead atoms. The Bertz CT molecular complexity index is 693. The summed E-state index contributed by atoms with van der Waals surface area (Å²) in [6.45, 7) is 6.84. The Balaban J connectivity index is 1.47. The van der Waals surface area contributed by atoms with Crippen molar-refractivity contribution in [3.05, 3.63) is 60.2 Å². The van der Waals surface area contributed by atoms with Gasteiger partial charge in [0, 0.05) is 5.69 Å². The van der Waals surface area contributed by atoms with E-state index in [9.17, 15) is 4.79 Å². The average molecular weight is 355 g/mol. The second-order valence-corrected chi connectivity index (χ2v) is 6.94. The maximum Gasteiger partial charge on any atom is 0.279 e. The normalized spacial score (nSPS) is 22.6. The van der Waals surface area contributed by atoms with Crippen molar-refractivity contribution in [3.8, 4) is 5.75 Å². The van der Waals surface area contributed by atoms with Gasteiger partial charge in [-0.05, 0) is 43.7 Å². The molecule has 1 amide bonds. The SMILES string of the molecule is C[C@@H]1C[NH+](CC(=O)Nc2ccc(OCc3ccccc3)cc2)C[C@H](C)O1. The Labute approximate surface area is 154 Å². The van der Waals surface area contributed by atoms with Crippen molar-refractivity contribution in [3.63, 3.8) is 0 Å². The van der Waals surface area contributed by atoms with Gasteiger partial charge >= 0.3 is 0 Å². The number of morpholine rings is 1. The summed E-state index contributed by atoms with van der Waals surface area (Å²) >= 11 is 0. The van der Waals surface area contributed by atoms with Crippen molar-refractivity contribution in [2.24, 2.45) is 0 Å². The van der Waals surface area contributed by atoms with E-state index in [1.54, 1.807) is 0 Å². The van der Waals surface area contributed by atoms with Crippen molar-refractivity contribution < 1.29 is 19.2 Å². The van der Waals surface area contributed by atoms with Crippen LogP contribution in [0.5, 0.6) is 5.75 Å². The summed E-state index contributed by atoms with van der Waals surface area (Å²) in [7, 11) is 0.